The maximum atomic E-state index is 10.8. The molecular formula is C30H42O7. The summed E-state index contributed by atoms with van der Waals surface area (Å²) < 4.78 is 23.4. The van der Waals surface area contributed by atoms with E-state index < -0.39 is 6.10 Å². The van der Waals surface area contributed by atoms with Gasteiger partial charge >= 0.3 is 0 Å². The van der Waals surface area contributed by atoms with Crippen LogP contribution in [0.1, 0.15) is 76.0 Å². The minimum Gasteiger partial charge on any atom is -0.504 e. The van der Waals surface area contributed by atoms with Crippen molar-refractivity contribution < 1.29 is 34.3 Å². The number of aliphatic hydroxyl groups is 1. The molecule has 1 saturated carbocycles. The van der Waals surface area contributed by atoms with Gasteiger partial charge in [0.25, 0.3) is 0 Å². The van der Waals surface area contributed by atoms with E-state index in [0.717, 1.165) is 43.2 Å². The summed E-state index contributed by atoms with van der Waals surface area (Å²) in [5, 5.41) is 31.3. The zero-order valence-electron chi connectivity index (χ0n) is 22.5. The molecular weight excluding hydrogens is 472 g/mol. The van der Waals surface area contributed by atoms with Gasteiger partial charge in [-0.25, -0.2) is 0 Å². The van der Waals surface area contributed by atoms with Gasteiger partial charge in [0.15, 0.2) is 23.0 Å². The molecule has 5 unspecified atom stereocenters. The van der Waals surface area contributed by atoms with Crippen LogP contribution in [0.25, 0.3) is 0 Å². The van der Waals surface area contributed by atoms with Crippen LogP contribution in [-0.2, 0) is 11.2 Å². The number of rotatable bonds is 10. The van der Waals surface area contributed by atoms with Crippen molar-refractivity contribution in [1.82, 2.24) is 0 Å². The maximum Gasteiger partial charge on any atom is 0.200 e. The molecule has 0 bridgehead atoms. The number of aliphatic hydroxyl groups excluding tert-OH is 1. The largest absolute Gasteiger partial charge is 0.504 e. The molecule has 2 aliphatic rings. The van der Waals surface area contributed by atoms with Crippen molar-refractivity contribution in [2.24, 2.45) is 11.8 Å². The Hall–Kier alpha value is -2.64. The first kappa shape index (κ1) is 27.4. The standard InChI is InChI=1S/C30H42O7/c1-18(2)11-20-6-9-23(12-20)37-29-15-21(14-28(35-4)30(29)33)26-17-22(31)16-24(36-26)8-5-19-7-10-25(32)27(13-19)34-3/h7,10,13-15,18,20,22-24,26,31-33H,5-6,8-9,11-12,16-17H2,1-4H3. The number of hydrogen-bond donors (Lipinski definition) is 3. The zero-order valence-corrected chi connectivity index (χ0v) is 22.5. The van der Waals surface area contributed by atoms with Crippen LogP contribution in [0.15, 0.2) is 30.3 Å². The highest BCUT2D eigenvalue weighted by Gasteiger charge is 2.32. The van der Waals surface area contributed by atoms with Crippen LogP contribution in [0.2, 0.25) is 0 Å². The monoisotopic (exact) mass is 514 g/mol. The predicted octanol–water partition coefficient (Wildman–Crippen LogP) is 5.92. The number of hydrogen-bond acceptors (Lipinski definition) is 7. The highest BCUT2D eigenvalue weighted by molar-refractivity contribution is 5.53. The van der Waals surface area contributed by atoms with Gasteiger partial charge in [-0.1, -0.05) is 19.9 Å². The van der Waals surface area contributed by atoms with E-state index in [1.165, 1.54) is 20.6 Å². The lowest BCUT2D eigenvalue weighted by Crippen LogP contribution is -2.31. The summed E-state index contributed by atoms with van der Waals surface area (Å²) in [6, 6.07) is 8.96. The van der Waals surface area contributed by atoms with Crippen LogP contribution in [0.4, 0.5) is 0 Å². The maximum absolute atomic E-state index is 10.8. The smallest absolute Gasteiger partial charge is 0.200 e. The summed E-state index contributed by atoms with van der Waals surface area (Å²) in [6.45, 7) is 4.50. The van der Waals surface area contributed by atoms with Gasteiger partial charge in [0, 0.05) is 6.42 Å². The summed E-state index contributed by atoms with van der Waals surface area (Å²) in [5.74, 6) is 2.65. The second kappa shape index (κ2) is 12.3. The number of benzene rings is 2. The third kappa shape index (κ3) is 7.02. The van der Waals surface area contributed by atoms with Crippen molar-refractivity contribution >= 4 is 0 Å². The van der Waals surface area contributed by atoms with Crippen LogP contribution < -0.4 is 14.2 Å². The average Bonchev–Trinajstić information content (AvgIpc) is 3.30. The minimum atomic E-state index is -0.492. The van der Waals surface area contributed by atoms with Crippen molar-refractivity contribution in [2.45, 2.75) is 89.6 Å². The fourth-order valence-electron chi connectivity index (χ4n) is 5.83. The van der Waals surface area contributed by atoms with E-state index in [1.807, 2.05) is 18.2 Å². The normalized spacial score (nSPS) is 25.8. The van der Waals surface area contributed by atoms with Crippen LogP contribution >= 0.6 is 0 Å². The Morgan fingerprint density at radius 2 is 1.70 bits per heavy atom. The van der Waals surface area contributed by atoms with Crippen LogP contribution in [-0.4, -0.2) is 47.9 Å². The molecule has 1 heterocycles. The summed E-state index contributed by atoms with van der Waals surface area (Å²) in [5.41, 5.74) is 1.86. The van der Waals surface area contributed by atoms with Gasteiger partial charge < -0.3 is 34.3 Å². The Labute approximate surface area is 220 Å². The van der Waals surface area contributed by atoms with E-state index in [0.29, 0.717) is 41.9 Å². The molecule has 3 N–H and O–H groups in total. The van der Waals surface area contributed by atoms with E-state index in [-0.39, 0.29) is 29.8 Å². The van der Waals surface area contributed by atoms with Gasteiger partial charge in [-0.2, -0.15) is 0 Å². The first-order valence-corrected chi connectivity index (χ1v) is 13.5. The number of phenols is 2. The molecule has 204 valence electrons. The van der Waals surface area contributed by atoms with Gasteiger partial charge in [-0.3, -0.25) is 0 Å². The molecule has 5 atom stereocenters. The number of methoxy groups -OCH3 is 2. The molecule has 2 aromatic carbocycles. The number of aryl methyl sites for hydroxylation is 1. The van der Waals surface area contributed by atoms with E-state index in [1.54, 1.807) is 12.1 Å². The molecule has 2 fully saturated rings. The Morgan fingerprint density at radius 3 is 2.43 bits per heavy atom. The lowest BCUT2D eigenvalue weighted by Gasteiger charge is -2.34. The van der Waals surface area contributed by atoms with Crippen LogP contribution in [0.3, 0.4) is 0 Å². The average molecular weight is 515 g/mol. The second-order valence-electron chi connectivity index (χ2n) is 11.0. The van der Waals surface area contributed by atoms with Crippen LogP contribution in [0.5, 0.6) is 28.7 Å². The van der Waals surface area contributed by atoms with Gasteiger partial charge in [-0.05, 0) is 92.2 Å². The summed E-state index contributed by atoms with van der Waals surface area (Å²) >= 11 is 0. The van der Waals surface area contributed by atoms with E-state index >= 15 is 0 Å². The lowest BCUT2D eigenvalue weighted by molar-refractivity contribution is -0.0999. The van der Waals surface area contributed by atoms with Gasteiger partial charge in [0.05, 0.1) is 38.6 Å². The highest BCUT2D eigenvalue weighted by atomic mass is 16.5. The highest BCUT2D eigenvalue weighted by Crippen LogP contribution is 2.44. The molecule has 0 amide bonds. The Balaban J connectivity index is 1.45. The molecule has 7 heteroatoms. The number of ether oxygens (including phenoxy) is 4. The van der Waals surface area contributed by atoms with Crippen LogP contribution in [0, 0.1) is 11.8 Å². The third-order valence-electron chi connectivity index (χ3n) is 7.62. The van der Waals surface area contributed by atoms with Gasteiger partial charge in [0.1, 0.15) is 0 Å². The molecule has 4 rings (SSSR count). The molecule has 0 radical (unpaired) electrons. The van der Waals surface area contributed by atoms with Crippen molar-refractivity contribution in [3.05, 3.63) is 41.5 Å². The molecule has 1 aliphatic carbocycles. The van der Waals surface area contributed by atoms with Gasteiger partial charge in [0.2, 0.25) is 5.75 Å². The molecule has 2 aromatic rings. The van der Waals surface area contributed by atoms with E-state index in [2.05, 4.69) is 13.8 Å². The molecule has 7 nitrogen and oxygen atoms in total. The predicted molar refractivity (Wildman–Crippen MR) is 142 cm³/mol. The lowest BCUT2D eigenvalue weighted by atomic mass is 9.93. The quantitative estimate of drug-likeness (QED) is 0.362. The first-order valence-electron chi connectivity index (χ1n) is 13.5. The number of aromatic hydroxyl groups is 2. The zero-order chi connectivity index (χ0) is 26.5. The first-order chi connectivity index (χ1) is 17.7. The fraction of sp³-hybridized carbons (Fsp3) is 0.600. The Bertz CT molecular complexity index is 1040. The number of phenolic OH excluding ortho intramolecular Hbond substituents is 2. The third-order valence-corrected chi connectivity index (χ3v) is 7.62. The molecule has 0 aromatic heterocycles. The van der Waals surface area contributed by atoms with E-state index in [9.17, 15) is 15.3 Å². The summed E-state index contributed by atoms with van der Waals surface area (Å²) in [4.78, 5) is 0. The Kier molecular flexibility index (Phi) is 9.08. The van der Waals surface area contributed by atoms with Gasteiger partial charge in [-0.15, -0.1) is 0 Å². The molecule has 1 aliphatic heterocycles. The Morgan fingerprint density at radius 1 is 0.946 bits per heavy atom. The second-order valence-corrected chi connectivity index (χ2v) is 11.0. The fourth-order valence-corrected chi connectivity index (χ4v) is 5.83. The topological polar surface area (TPSA) is 97.6 Å². The van der Waals surface area contributed by atoms with Crippen molar-refractivity contribution in [2.75, 3.05) is 14.2 Å². The molecule has 37 heavy (non-hydrogen) atoms. The molecule has 0 spiro atoms. The SMILES string of the molecule is COc1cc(CCC2CC(O)CC(c3cc(OC)c(O)c(OC4CCC(CC(C)C)C4)c3)O2)ccc1O. The summed E-state index contributed by atoms with van der Waals surface area (Å²) in [6.07, 6.45) is 5.90. The minimum absolute atomic E-state index is 0.00717. The van der Waals surface area contributed by atoms with Crippen molar-refractivity contribution in [3.8, 4) is 28.7 Å². The van der Waals surface area contributed by atoms with Crippen molar-refractivity contribution in [1.29, 1.82) is 0 Å². The van der Waals surface area contributed by atoms with Crippen molar-refractivity contribution in [3.63, 3.8) is 0 Å². The molecule has 1 saturated heterocycles. The van der Waals surface area contributed by atoms with E-state index in [4.69, 9.17) is 18.9 Å². The summed E-state index contributed by atoms with van der Waals surface area (Å²) in [7, 11) is 3.06.